The third-order valence-corrected chi connectivity index (χ3v) is 7.21. The van der Waals surface area contributed by atoms with Gasteiger partial charge in [0.1, 0.15) is 0 Å². The Kier molecular flexibility index (Phi) is 4.04. The normalized spacial score (nSPS) is 13.8. The molecule has 33 heavy (non-hydrogen) atoms. The first-order valence-electron chi connectivity index (χ1n) is 11.6. The Hall–Kier alpha value is -4.10. The predicted octanol–water partition coefficient (Wildman–Crippen LogP) is 8.03. The van der Waals surface area contributed by atoms with Gasteiger partial charge in [-0.25, -0.2) is 0 Å². The summed E-state index contributed by atoms with van der Waals surface area (Å²) in [5.74, 6) is 0. The third kappa shape index (κ3) is 2.66. The molecule has 1 heteroatoms. The topological polar surface area (TPSA) is 3.24 Å². The summed E-state index contributed by atoms with van der Waals surface area (Å²) in [4.78, 5) is 2.65. The molecular weight excluding hydrogens is 398 g/mol. The highest BCUT2D eigenvalue weighted by Crippen LogP contribution is 2.55. The Balaban J connectivity index is 1.53. The summed E-state index contributed by atoms with van der Waals surface area (Å²) in [5, 5.41) is 0. The van der Waals surface area contributed by atoms with Crippen LogP contribution in [0.15, 0.2) is 127 Å². The van der Waals surface area contributed by atoms with Gasteiger partial charge in [0.15, 0.2) is 0 Å². The van der Waals surface area contributed by atoms with Gasteiger partial charge in [-0.15, -0.1) is 0 Å². The van der Waals surface area contributed by atoms with E-state index in [1.807, 2.05) is 0 Å². The fourth-order valence-corrected chi connectivity index (χ4v) is 5.90. The van der Waals surface area contributed by atoms with Crippen molar-refractivity contribution in [1.82, 2.24) is 0 Å². The molecule has 0 radical (unpaired) electrons. The molecule has 0 N–H and O–H groups in total. The summed E-state index contributed by atoms with van der Waals surface area (Å²) < 4.78 is 0. The van der Waals surface area contributed by atoms with Crippen LogP contribution in [0.5, 0.6) is 0 Å². The Morgan fingerprint density at radius 1 is 0.333 bits per heavy atom. The highest BCUT2D eigenvalue weighted by Gasteiger charge is 2.41. The van der Waals surface area contributed by atoms with Crippen molar-refractivity contribution in [2.45, 2.75) is 12.1 Å². The number of rotatable bonds is 3. The van der Waals surface area contributed by atoms with E-state index in [0.29, 0.717) is 0 Å². The first-order valence-corrected chi connectivity index (χ1v) is 11.6. The van der Waals surface area contributed by atoms with Crippen molar-refractivity contribution >= 4 is 5.69 Å². The minimum absolute atomic E-state index is 0.143. The molecule has 1 nitrogen and oxygen atoms in total. The molecule has 0 atom stereocenters. The quantitative estimate of drug-likeness (QED) is 0.285. The lowest BCUT2D eigenvalue weighted by Crippen LogP contribution is -2.32. The number of fused-ring (bicyclic) bond motifs is 6. The van der Waals surface area contributed by atoms with Crippen molar-refractivity contribution in [3.8, 4) is 22.3 Å². The molecule has 156 valence electrons. The van der Waals surface area contributed by atoms with E-state index in [1.165, 1.54) is 50.2 Å². The summed E-state index contributed by atoms with van der Waals surface area (Å²) in [6.45, 7) is 0. The first kappa shape index (κ1) is 18.5. The molecule has 0 unspecified atom stereocenters. The third-order valence-electron chi connectivity index (χ3n) is 7.21. The molecular formula is C32H23N. The highest BCUT2D eigenvalue weighted by atomic mass is 15.2. The molecule has 2 aliphatic carbocycles. The van der Waals surface area contributed by atoms with E-state index >= 15 is 0 Å². The molecule has 0 aromatic heterocycles. The lowest BCUT2D eigenvalue weighted by molar-refractivity contribution is 0.653. The standard InChI is InChI=1S/C32H23N/c1-2-12-22(13-3-1)33(31-27-18-8-4-14-23(27)24-15-5-9-19-28(24)31)32-29-20-10-6-16-25(29)26-17-7-11-21-30(26)32/h1-21,31-32H. The second-order valence-electron chi connectivity index (χ2n) is 8.90. The molecule has 0 saturated heterocycles. The molecule has 2 aliphatic rings. The van der Waals surface area contributed by atoms with Gasteiger partial charge in [0.05, 0.1) is 12.1 Å². The van der Waals surface area contributed by atoms with Crippen LogP contribution >= 0.6 is 0 Å². The smallest absolute Gasteiger partial charge is 0.0817 e. The lowest BCUT2D eigenvalue weighted by atomic mass is 9.95. The maximum absolute atomic E-state index is 2.65. The van der Waals surface area contributed by atoms with Gasteiger partial charge < -0.3 is 4.90 Å². The lowest BCUT2D eigenvalue weighted by Gasteiger charge is -2.39. The number of anilines is 1. The minimum atomic E-state index is 0.143. The van der Waals surface area contributed by atoms with Gasteiger partial charge in [-0.3, -0.25) is 0 Å². The fraction of sp³-hybridized carbons (Fsp3) is 0.0625. The summed E-state index contributed by atoms with van der Waals surface area (Å²) in [5.41, 5.74) is 12.1. The molecule has 0 bridgehead atoms. The summed E-state index contributed by atoms with van der Waals surface area (Å²) in [6.07, 6.45) is 0. The van der Waals surface area contributed by atoms with E-state index < -0.39 is 0 Å². The van der Waals surface area contributed by atoms with E-state index in [-0.39, 0.29) is 12.1 Å². The minimum Gasteiger partial charge on any atom is -0.349 e. The van der Waals surface area contributed by atoms with Crippen LogP contribution in [0.1, 0.15) is 34.3 Å². The van der Waals surface area contributed by atoms with Crippen LogP contribution in [-0.4, -0.2) is 0 Å². The summed E-state index contributed by atoms with van der Waals surface area (Å²) in [7, 11) is 0. The van der Waals surface area contributed by atoms with Crippen molar-refractivity contribution in [2.24, 2.45) is 0 Å². The molecule has 7 rings (SSSR count). The number of para-hydroxylation sites is 1. The maximum atomic E-state index is 2.65. The average Bonchev–Trinajstić information content (AvgIpc) is 3.39. The zero-order valence-electron chi connectivity index (χ0n) is 18.2. The number of nitrogens with zero attached hydrogens (tertiary/aromatic N) is 1. The van der Waals surface area contributed by atoms with Crippen LogP contribution in [-0.2, 0) is 0 Å². The van der Waals surface area contributed by atoms with Gasteiger partial charge in [0.25, 0.3) is 0 Å². The molecule has 0 spiro atoms. The SMILES string of the molecule is c1ccc(N(C2c3ccccc3-c3ccccc32)C2c3ccccc3-c3ccccc32)cc1. The van der Waals surface area contributed by atoms with Crippen LogP contribution in [0.4, 0.5) is 5.69 Å². The molecule has 0 amide bonds. The zero-order valence-corrected chi connectivity index (χ0v) is 18.2. The van der Waals surface area contributed by atoms with Crippen LogP contribution in [0.3, 0.4) is 0 Å². The summed E-state index contributed by atoms with van der Waals surface area (Å²) >= 11 is 0. The monoisotopic (exact) mass is 421 g/mol. The van der Waals surface area contributed by atoms with Crippen molar-refractivity contribution in [3.05, 3.63) is 150 Å². The second-order valence-corrected chi connectivity index (χ2v) is 8.90. The Bertz CT molecular complexity index is 1300. The van der Waals surface area contributed by atoms with E-state index in [0.717, 1.165) is 0 Å². The largest absolute Gasteiger partial charge is 0.349 e. The Morgan fingerprint density at radius 3 is 1.00 bits per heavy atom. The van der Waals surface area contributed by atoms with Crippen molar-refractivity contribution in [3.63, 3.8) is 0 Å². The Labute approximate surface area is 194 Å². The van der Waals surface area contributed by atoms with Gasteiger partial charge in [0.2, 0.25) is 0 Å². The molecule has 5 aromatic carbocycles. The van der Waals surface area contributed by atoms with Crippen LogP contribution in [0.2, 0.25) is 0 Å². The van der Waals surface area contributed by atoms with Crippen LogP contribution in [0.25, 0.3) is 22.3 Å². The number of hydrogen-bond acceptors (Lipinski definition) is 1. The molecule has 0 saturated carbocycles. The zero-order chi connectivity index (χ0) is 21.8. The maximum Gasteiger partial charge on any atom is 0.0817 e. The molecule has 0 heterocycles. The van der Waals surface area contributed by atoms with E-state index in [1.54, 1.807) is 0 Å². The van der Waals surface area contributed by atoms with Crippen LogP contribution in [0, 0.1) is 0 Å². The van der Waals surface area contributed by atoms with E-state index in [9.17, 15) is 0 Å². The fourth-order valence-electron chi connectivity index (χ4n) is 5.90. The highest BCUT2D eigenvalue weighted by molar-refractivity contribution is 5.84. The van der Waals surface area contributed by atoms with Gasteiger partial charge >= 0.3 is 0 Å². The van der Waals surface area contributed by atoms with Gasteiger partial charge in [-0.2, -0.15) is 0 Å². The van der Waals surface area contributed by atoms with E-state index in [4.69, 9.17) is 0 Å². The predicted molar refractivity (Wildman–Crippen MR) is 136 cm³/mol. The second kappa shape index (κ2) is 7.21. The van der Waals surface area contributed by atoms with Crippen molar-refractivity contribution in [2.75, 3.05) is 4.90 Å². The summed E-state index contributed by atoms with van der Waals surface area (Å²) in [6, 6.07) is 46.9. The molecule has 0 aliphatic heterocycles. The Morgan fingerprint density at radius 2 is 0.636 bits per heavy atom. The average molecular weight is 422 g/mol. The van der Waals surface area contributed by atoms with Crippen molar-refractivity contribution < 1.29 is 0 Å². The first-order chi connectivity index (χ1) is 16.4. The number of hydrogen-bond donors (Lipinski definition) is 0. The van der Waals surface area contributed by atoms with Crippen molar-refractivity contribution in [1.29, 1.82) is 0 Å². The van der Waals surface area contributed by atoms with E-state index in [2.05, 4.69) is 132 Å². The van der Waals surface area contributed by atoms with Gasteiger partial charge in [-0.05, 0) is 56.6 Å². The van der Waals surface area contributed by atoms with Gasteiger partial charge in [0, 0.05) is 5.69 Å². The van der Waals surface area contributed by atoms with Crippen LogP contribution < -0.4 is 4.90 Å². The molecule has 5 aromatic rings. The number of benzene rings is 5. The molecule has 0 fully saturated rings. The van der Waals surface area contributed by atoms with Gasteiger partial charge in [-0.1, -0.05) is 115 Å².